The molecule has 0 N–H and O–H groups in total. The van der Waals surface area contributed by atoms with Crippen molar-refractivity contribution >= 4 is 82.7 Å². The first-order chi connectivity index (χ1) is 28.8. The van der Waals surface area contributed by atoms with Gasteiger partial charge in [0.2, 0.25) is 0 Å². The van der Waals surface area contributed by atoms with E-state index < -0.39 is 0 Å². The van der Waals surface area contributed by atoms with Crippen LogP contribution >= 0.6 is 0 Å². The Morgan fingerprint density at radius 3 is 1.50 bits per heavy atom. The number of anilines is 3. The molecular weight excluding hydrogens is 709 g/mol. The molecule has 0 aliphatic carbocycles. The van der Waals surface area contributed by atoms with Gasteiger partial charge in [0.15, 0.2) is 0 Å². The number of hydrogen-bond donors (Lipinski definition) is 0. The van der Waals surface area contributed by atoms with E-state index >= 15 is 0 Å². The zero-order chi connectivity index (χ0) is 38.2. The molecule has 3 aromatic heterocycles. The highest BCUT2D eigenvalue weighted by Gasteiger charge is 2.25. The first-order valence-electron chi connectivity index (χ1n) is 19.7. The lowest BCUT2D eigenvalue weighted by Crippen LogP contribution is -2.09. The lowest BCUT2D eigenvalue weighted by atomic mass is 9.90. The van der Waals surface area contributed by atoms with E-state index in [9.17, 15) is 0 Å². The normalized spacial score (nSPS) is 11.8. The maximum absolute atomic E-state index is 6.82. The highest BCUT2D eigenvalue weighted by molar-refractivity contribution is 6.16. The molecule has 4 nitrogen and oxygen atoms in total. The second kappa shape index (κ2) is 12.9. The Bertz CT molecular complexity index is 3480. The van der Waals surface area contributed by atoms with Gasteiger partial charge in [-0.05, 0) is 66.2 Å². The van der Waals surface area contributed by atoms with Crippen LogP contribution in [0.25, 0.3) is 93.6 Å². The SMILES string of the molecule is c1ccc(N(c2ccccc2)c2ccc3c4ccccc4n(-c4cccc(-c5cccc6c5oc5ccccc56)c4-c4cccc5c4oc4ccccc45)c3c2)cc1. The topological polar surface area (TPSA) is 34.5 Å². The number of nitrogens with zero attached hydrogens (tertiary/aromatic N) is 2. The third-order valence-electron chi connectivity index (χ3n) is 11.6. The summed E-state index contributed by atoms with van der Waals surface area (Å²) in [5, 5.41) is 6.75. The minimum atomic E-state index is 0.856. The molecule has 0 spiro atoms. The van der Waals surface area contributed by atoms with Crippen molar-refractivity contribution in [3.63, 3.8) is 0 Å². The molecular formula is C54H34N2O2. The summed E-state index contributed by atoms with van der Waals surface area (Å²) in [4.78, 5) is 2.33. The Balaban J connectivity index is 1.20. The summed E-state index contributed by atoms with van der Waals surface area (Å²) in [5.74, 6) is 0. The van der Waals surface area contributed by atoms with Gasteiger partial charge in [-0.15, -0.1) is 0 Å². The summed E-state index contributed by atoms with van der Waals surface area (Å²) in [6.07, 6.45) is 0. The van der Waals surface area contributed by atoms with Crippen LogP contribution in [0.3, 0.4) is 0 Å². The molecule has 0 saturated carbocycles. The Hall–Kier alpha value is -7.82. The average molecular weight is 743 g/mol. The maximum atomic E-state index is 6.82. The van der Waals surface area contributed by atoms with Crippen LogP contribution in [0, 0.1) is 0 Å². The molecule has 0 bridgehead atoms. The monoisotopic (exact) mass is 742 g/mol. The Labute approximate surface area is 334 Å². The van der Waals surface area contributed by atoms with Gasteiger partial charge in [0.1, 0.15) is 22.3 Å². The summed E-state index contributed by atoms with van der Waals surface area (Å²) in [6.45, 7) is 0. The fourth-order valence-electron chi connectivity index (χ4n) is 9.10. The lowest BCUT2D eigenvalue weighted by Gasteiger charge is -2.26. The van der Waals surface area contributed by atoms with Gasteiger partial charge in [-0.3, -0.25) is 0 Å². The van der Waals surface area contributed by atoms with Crippen molar-refractivity contribution in [1.29, 1.82) is 0 Å². The van der Waals surface area contributed by atoms with Crippen molar-refractivity contribution < 1.29 is 8.83 Å². The largest absolute Gasteiger partial charge is 0.455 e. The van der Waals surface area contributed by atoms with Gasteiger partial charge in [0.05, 0.1) is 16.7 Å². The molecule has 0 aliphatic heterocycles. The Morgan fingerprint density at radius 2 is 0.828 bits per heavy atom. The molecule has 0 amide bonds. The van der Waals surface area contributed by atoms with Gasteiger partial charge in [-0.2, -0.15) is 0 Å². The van der Waals surface area contributed by atoms with Crippen molar-refractivity contribution in [2.24, 2.45) is 0 Å². The number of aromatic nitrogens is 1. The van der Waals surface area contributed by atoms with E-state index in [-0.39, 0.29) is 0 Å². The maximum Gasteiger partial charge on any atom is 0.143 e. The number of hydrogen-bond acceptors (Lipinski definition) is 3. The zero-order valence-corrected chi connectivity index (χ0v) is 31.3. The van der Waals surface area contributed by atoms with Crippen molar-refractivity contribution in [3.05, 3.63) is 206 Å². The van der Waals surface area contributed by atoms with Crippen molar-refractivity contribution in [1.82, 2.24) is 4.57 Å². The van der Waals surface area contributed by atoms with Crippen molar-refractivity contribution in [2.45, 2.75) is 0 Å². The molecule has 0 atom stereocenters. The van der Waals surface area contributed by atoms with Gasteiger partial charge in [0, 0.05) is 66.1 Å². The lowest BCUT2D eigenvalue weighted by molar-refractivity contribution is 0.669. The zero-order valence-electron chi connectivity index (χ0n) is 31.3. The first-order valence-corrected chi connectivity index (χ1v) is 19.7. The molecule has 0 aliphatic rings. The minimum Gasteiger partial charge on any atom is -0.455 e. The van der Waals surface area contributed by atoms with Crippen molar-refractivity contribution in [2.75, 3.05) is 4.90 Å². The summed E-state index contributed by atoms with van der Waals surface area (Å²) in [5.41, 5.74) is 14.2. The van der Waals surface area contributed by atoms with Gasteiger partial charge >= 0.3 is 0 Å². The first kappa shape index (κ1) is 32.4. The highest BCUT2D eigenvalue weighted by Crippen LogP contribution is 2.48. The van der Waals surface area contributed by atoms with Gasteiger partial charge in [0.25, 0.3) is 0 Å². The van der Waals surface area contributed by atoms with E-state index in [1.165, 1.54) is 10.8 Å². The molecule has 0 unspecified atom stereocenters. The fraction of sp³-hybridized carbons (Fsp3) is 0. The fourth-order valence-corrected chi connectivity index (χ4v) is 9.10. The number of para-hydroxylation sites is 7. The van der Waals surface area contributed by atoms with Crippen LogP contribution in [0.2, 0.25) is 0 Å². The molecule has 4 heteroatoms. The van der Waals surface area contributed by atoms with Crippen LogP contribution in [0.5, 0.6) is 0 Å². The van der Waals surface area contributed by atoms with E-state index in [4.69, 9.17) is 8.83 Å². The van der Waals surface area contributed by atoms with Crippen LogP contribution in [-0.4, -0.2) is 4.57 Å². The van der Waals surface area contributed by atoms with Crippen LogP contribution in [0.4, 0.5) is 17.1 Å². The molecule has 58 heavy (non-hydrogen) atoms. The predicted molar refractivity (Wildman–Crippen MR) is 241 cm³/mol. The molecule has 0 saturated heterocycles. The van der Waals surface area contributed by atoms with E-state index in [1.807, 2.05) is 12.1 Å². The highest BCUT2D eigenvalue weighted by atomic mass is 16.3. The molecule has 3 heterocycles. The predicted octanol–water partition coefficient (Wildman–Crippen LogP) is 15.4. The molecule has 0 radical (unpaired) electrons. The standard InChI is InChI=1S/C54H34N2O2/c1-3-16-35(17-4-1)55(36-18-5-2-6-19-36)37-32-33-39-38-20-7-10-28-47(38)56(49(39)34-37)48-29-15-23-42(45-26-13-24-43-40-21-8-11-30-50(40)57-53(43)45)52(48)46-27-14-25-44-41-22-9-12-31-51(41)58-54(44)46/h1-34H. The van der Waals surface area contributed by atoms with E-state index in [2.05, 4.69) is 204 Å². The van der Waals surface area contributed by atoms with E-state index in [0.29, 0.717) is 0 Å². The summed E-state index contributed by atoms with van der Waals surface area (Å²) >= 11 is 0. The van der Waals surface area contributed by atoms with Gasteiger partial charge < -0.3 is 18.3 Å². The molecule has 9 aromatic carbocycles. The third-order valence-corrected chi connectivity index (χ3v) is 11.6. The quantitative estimate of drug-likeness (QED) is 0.170. The molecule has 12 rings (SSSR count). The minimum absolute atomic E-state index is 0.856. The average Bonchev–Trinajstić information content (AvgIpc) is 3.97. The van der Waals surface area contributed by atoms with Crippen LogP contribution < -0.4 is 4.90 Å². The molecule has 0 fully saturated rings. The second-order valence-corrected chi connectivity index (χ2v) is 14.8. The van der Waals surface area contributed by atoms with Crippen LogP contribution in [-0.2, 0) is 0 Å². The smallest absolute Gasteiger partial charge is 0.143 e. The number of fused-ring (bicyclic) bond motifs is 9. The second-order valence-electron chi connectivity index (χ2n) is 14.8. The van der Waals surface area contributed by atoms with E-state index in [1.54, 1.807) is 0 Å². The summed E-state index contributed by atoms with van der Waals surface area (Å²) < 4.78 is 16.0. The number of furan rings is 2. The summed E-state index contributed by atoms with van der Waals surface area (Å²) in [6, 6.07) is 73.1. The molecule has 272 valence electrons. The van der Waals surface area contributed by atoms with Crippen LogP contribution in [0.1, 0.15) is 0 Å². The number of rotatable bonds is 6. The van der Waals surface area contributed by atoms with Crippen LogP contribution in [0.15, 0.2) is 215 Å². The number of benzene rings is 9. The van der Waals surface area contributed by atoms with E-state index in [0.717, 1.165) is 99.9 Å². The van der Waals surface area contributed by atoms with Crippen molar-refractivity contribution in [3.8, 4) is 27.9 Å². The van der Waals surface area contributed by atoms with Gasteiger partial charge in [-0.25, -0.2) is 0 Å². The Kier molecular flexibility index (Phi) is 7.20. The Morgan fingerprint density at radius 1 is 0.328 bits per heavy atom. The van der Waals surface area contributed by atoms with Gasteiger partial charge in [-0.1, -0.05) is 146 Å². The molecule has 12 aromatic rings. The summed E-state index contributed by atoms with van der Waals surface area (Å²) in [7, 11) is 0. The third kappa shape index (κ3) is 4.88.